The summed E-state index contributed by atoms with van der Waals surface area (Å²) in [6.07, 6.45) is 3.10. The average molecular weight is 325 g/mol. The minimum atomic E-state index is -0.102. The quantitative estimate of drug-likeness (QED) is 0.830. The van der Waals surface area contributed by atoms with Crippen LogP contribution in [0.25, 0.3) is 0 Å². The lowest BCUT2D eigenvalue weighted by Gasteiger charge is -2.15. The van der Waals surface area contributed by atoms with Gasteiger partial charge in [0.1, 0.15) is 12.7 Å². The molecule has 0 bridgehead atoms. The van der Waals surface area contributed by atoms with Gasteiger partial charge in [0.25, 0.3) is 5.91 Å². The van der Waals surface area contributed by atoms with Crippen LogP contribution in [0.15, 0.2) is 35.7 Å². The van der Waals surface area contributed by atoms with Gasteiger partial charge in [-0.25, -0.2) is 4.98 Å². The third kappa shape index (κ3) is 4.47. The summed E-state index contributed by atoms with van der Waals surface area (Å²) in [5, 5.41) is 7.63. The van der Waals surface area contributed by atoms with Crippen molar-refractivity contribution in [1.82, 2.24) is 20.1 Å². The maximum atomic E-state index is 12.4. The molecule has 1 atom stereocenters. The summed E-state index contributed by atoms with van der Waals surface area (Å²) in [5.74, 6) is 0.782. The molecule has 1 N–H and O–H groups in total. The minimum Gasteiger partial charge on any atom is -0.348 e. The molecular weight excluding hydrogens is 308 g/mol. The van der Waals surface area contributed by atoms with Crippen LogP contribution < -0.4 is 5.32 Å². The second-order valence-electron chi connectivity index (χ2n) is 4.57. The Morgan fingerprint density at radius 1 is 1.52 bits per heavy atom. The van der Waals surface area contributed by atoms with E-state index in [4.69, 9.17) is 11.6 Å². The highest BCUT2D eigenvalue weighted by atomic mass is 35.5. The molecule has 1 heterocycles. The topological polar surface area (TPSA) is 59.8 Å². The third-order valence-electron chi connectivity index (χ3n) is 2.79. The first-order valence-corrected chi connectivity index (χ1v) is 8.02. The fraction of sp³-hybridized carbons (Fsp3) is 0.357. The number of carbonyl (C=O) groups excluding carboxylic acids is 1. The lowest BCUT2D eigenvalue weighted by Crippen LogP contribution is -2.36. The van der Waals surface area contributed by atoms with E-state index in [1.807, 2.05) is 19.9 Å². The van der Waals surface area contributed by atoms with Gasteiger partial charge in [0.15, 0.2) is 0 Å². The predicted octanol–water partition coefficient (Wildman–Crippen LogP) is 2.86. The van der Waals surface area contributed by atoms with Crippen molar-refractivity contribution in [1.29, 1.82) is 0 Å². The van der Waals surface area contributed by atoms with Gasteiger partial charge in [0.05, 0.1) is 12.1 Å². The van der Waals surface area contributed by atoms with Crippen LogP contribution in [0.4, 0.5) is 0 Å². The second kappa shape index (κ2) is 7.47. The number of nitrogens with zero attached hydrogens (tertiary/aromatic N) is 3. The van der Waals surface area contributed by atoms with Gasteiger partial charge in [0.2, 0.25) is 0 Å². The van der Waals surface area contributed by atoms with Crippen LogP contribution in [0.2, 0.25) is 5.02 Å². The van der Waals surface area contributed by atoms with Crippen LogP contribution in [-0.2, 0) is 6.54 Å². The Hall–Kier alpha value is -1.53. The predicted molar refractivity (Wildman–Crippen MR) is 84.8 cm³/mol. The molecule has 0 spiro atoms. The number of carbonyl (C=O) groups is 1. The molecule has 0 aliphatic rings. The molecule has 0 aliphatic carbocycles. The summed E-state index contributed by atoms with van der Waals surface area (Å²) in [7, 11) is 0. The highest BCUT2D eigenvalue weighted by Gasteiger charge is 2.14. The van der Waals surface area contributed by atoms with Crippen LogP contribution in [0, 0.1) is 0 Å². The third-order valence-corrected chi connectivity index (χ3v) is 3.97. The van der Waals surface area contributed by atoms with E-state index in [9.17, 15) is 4.79 Å². The van der Waals surface area contributed by atoms with Crippen molar-refractivity contribution < 1.29 is 4.79 Å². The molecule has 0 fully saturated rings. The van der Waals surface area contributed by atoms with Gasteiger partial charge in [-0.1, -0.05) is 18.5 Å². The molecule has 0 saturated carbocycles. The number of amides is 1. The molecular formula is C14H17ClN4OS. The molecule has 7 heteroatoms. The van der Waals surface area contributed by atoms with E-state index in [-0.39, 0.29) is 11.9 Å². The Kier molecular flexibility index (Phi) is 5.64. The average Bonchev–Trinajstić information content (AvgIpc) is 2.91. The molecule has 2 rings (SSSR count). The van der Waals surface area contributed by atoms with Gasteiger partial charge < -0.3 is 5.32 Å². The normalized spacial score (nSPS) is 12.1. The molecule has 1 aromatic carbocycles. The molecule has 112 valence electrons. The first-order valence-electron chi connectivity index (χ1n) is 6.65. The summed E-state index contributed by atoms with van der Waals surface area (Å²) >= 11 is 7.60. The maximum Gasteiger partial charge on any atom is 0.252 e. The zero-order valence-corrected chi connectivity index (χ0v) is 13.5. The van der Waals surface area contributed by atoms with E-state index in [2.05, 4.69) is 15.4 Å². The molecule has 1 amide bonds. The van der Waals surface area contributed by atoms with E-state index in [1.54, 1.807) is 34.9 Å². The van der Waals surface area contributed by atoms with Gasteiger partial charge in [-0.2, -0.15) is 5.10 Å². The second-order valence-corrected chi connectivity index (χ2v) is 6.31. The van der Waals surface area contributed by atoms with Crippen molar-refractivity contribution in [3.05, 3.63) is 41.4 Å². The van der Waals surface area contributed by atoms with Gasteiger partial charge in [0, 0.05) is 16.0 Å². The number of thioether (sulfide) groups is 1. The highest BCUT2D eigenvalue weighted by molar-refractivity contribution is 7.99. The largest absolute Gasteiger partial charge is 0.348 e. The van der Waals surface area contributed by atoms with Crippen molar-refractivity contribution in [3.8, 4) is 0 Å². The number of rotatable bonds is 6. The lowest BCUT2D eigenvalue weighted by atomic mass is 10.2. The van der Waals surface area contributed by atoms with E-state index < -0.39 is 0 Å². The summed E-state index contributed by atoms with van der Waals surface area (Å²) in [6.45, 7) is 4.55. The smallest absolute Gasteiger partial charge is 0.252 e. The minimum absolute atomic E-state index is 0.0469. The monoisotopic (exact) mass is 324 g/mol. The summed E-state index contributed by atoms with van der Waals surface area (Å²) in [4.78, 5) is 17.2. The first kappa shape index (κ1) is 15.9. The van der Waals surface area contributed by atoms with Crippen molar-refractivity contribution in [3.63, 3.8) is 0 Å². The van der Waals surface area contributed by atoms with Crippen molar-refractivity contribution in [2.45, 2.75) is 31.3 Å². The Morgan fingerprint density at radius 2 is 2.33 bits per heavy atom. The number of hydrogen-bond donors (Lipinski definition) is 1. The summed E-state index contributed by atoms with van der Waals surface area (Å²) in [6, 6.07) is 5.28. The highest BCUT2D eigenvalue weighted by Crippen LogP contribution is 2.26. The Labute approximate surface area is 133 Å². The zero-order valence-electron chi connectivity index (χ0n) is 11.9. The van der Waals surface area contributed by atoms with Gasteiger partial charge in [-0.15, -0.1) is 11.8 Å². The van der Waals surface area contributed by atoms with Crippen LogP contribution in [0.3, 0.4) is 0 Å². The SMILES string of the molecule is CCSc1cc(Cl)ccc1C(=O)N[C@@H](C)Cn1cncn1. The number of aromatic nitrogens is 3. The summed E-state index contributed by atoms with van der Waals surface area (Å²) < 4.78 is 1.69. The van der Waals surface area contributed by atoms with Crippen molar-refractivity contribution >= 4 is 29.3 Å². The maximum absolute atomic E-state index is 12.4. The number of halogens is 1. The van der Waals surface area contributed by atoms with Crippen LogP contribution in [0.1, 0.15) is 24.2 Å². The molecule has 0 radical (unpaired) electrons. The molecule has 1 aromatic heterocycles. The molecule has 0 unspecified atom stereocenters. The van der Waals surface area contributed by atoms with Crippen LogP contribution >= 0.6 is 23.4 Å². The van der Waals surface area contributed by atoms with Gasteiger partial charge in [-0.3, -0.25) is 9.48 Å². The number of nitrogens with one attached hydrogen (secondary N) is 1. The zero-order chi connectivity index (χ0) is 15.2. The van der Waals surface area contributed by atoms with Crippen molar-refractivity contribution in [2.24, 2.45) is 0 Å². The van der Waals surface area contributed by atoms with E-state index in [0.29, 0.717) is 17.1 Å². The fourth-order valence-electron chi connectivity index (χ4n) is 1.91. The standard InChI is InChI=1S/C14H17ClN4OS/c1-3-21-13-6-11(15)4-5-12(13)14(20)18-10(2)7-19-9-16-8-17-19/h4-6,8-10H,3,7H2,1-2H3,(H,18,20)/t10-/m0/s1. The van der Waals surface area contributed by atoms with Gasteiger partial charge >= 0.3 is 0 Å². The van der Waals surface area contributed by atoms with E-state index in [1.165, 1.54) is 6.33 Å². The van der Waals surface area contributed by atoms with Gasteiger partial charge in [-0.05, 0) is 30.9 Å². The lowest BCUT2D eigenvalue weighted by molar-refractivity contribution is 0.0933. The molecule has 21 heavy (non-hydrogen) atoms. The first-order chi connectivity index (χ1) is 10.1. The van der Waals surface area contributed by atoms with Crippen LogP contribution in [-0.4, -0.2) is 32.5 Å². The van der Waals surface area contributed by atoms with Crippen LogP contribution in [0.5, 0.6) is 0 Å². The van der Waals surface area contributed by atoms with E-state index >= 15 is 0 Å². The number of benzene rings is 1. The van der Waals surface area contributed by atoms with E-state index in [0.717, 1.165) is 10.6 Å². The number of hydrogen-bond acceptors (Lipinski definition) is 4. The molecule has 0 aliphatic heterocycles. The Balaban J connectivity index is 2.05. The Morgan fingerprint density at radius 3 is 3.00 bits per heavy atom. The fourth-order valence-corrected chi connectivity index (χ4v) is 2.99. The molecule has 2 aromatic rings. The molecule has 0 saturated heterocycles. The Bertz CT molecular complexity index is 603. The summed E-state index contributed by atoms with van der Waals surface area (Å²) in [5.41, 5.74) is 0.650. The molecule has 5 nitrogen and oxygen atoms in total. The van der Waals surface area contributed by atoms with Crippen molar-refractivity contribution in [2.75, 3.05) is 5.75 Å².